The standard InChI is InChI=1S/C12H11BrClNO/c1-3-9(4-2)15-12(16)10-6-5-8(14)7-11(10)13/h1,5-7,9H,4H2,2H3,(H,15,16). The van der Waals surface area contributed by atoms with Crippen LogP contribution in [0.1, 0.15) is 23.7 Å². The lowest BCUT2D eigenvalue weighted by Crippen LogP contribution is -2.33. The van der Waals surface area contributed by atoms with Gasteiger partial charge in [-0.25, -0.2) is 0 Å². The number of carbonyl (C=O) groups excluding carboxylic acids is 1. The third kappa shape index (κ3) is 3.26. The first-order valence-electron chi connectivity index (χ1n) is 4.80. The van der Waals surface area contributed by atoms with Crippen LogP contribution in [0, 0.1) is 12.3 Å². The zero-order valence-electron chi connectivity index (χ0n) is 8.76. The van der Waals surface area contributed by atoms with Crippen LogP contribution in [0.5, 0.6) is 0 Å². The molecule has 0 heterocycles. The van der Waals surface area contributed by atoms with Gasteiger partial charge in [-0.3, -0.25) is 4.79 Å². The van der Waals surface area contributed by atoms with Gasteiger partial charge in [0.2, 0.25) is 0 Å². The highest BCUT2D eigenvalue weighted by Crippen LogP contribution is 2.21. The van der Waals surface area contributed by atoms with Crippen molar-refractivity contribution in [2.24, 2.45) is 0 Å². The van der Waals surface area contributed by atoms with Crippen molar-refractivity contribution in [3.8, 4) is 12.3 Å². The van der Waals surface area contributed by atoms with Gasteiger partial charge in [-0.1, -0.05) is 24.4 Å². The average Bonchev–Trinajstić information content (AvgIpc) is 2.25. The van der Waals surface area contributed by atoms with Crippen LogP contribution in [0.3, 0.4) is 0 Å². The molecule has 0 aromatic heterocycles. The van der Waals surface area contributed by atoms with Crippen LogP contribution in [-0.4, -0.2) is 11.9 Å². The van der Waals surface area contributed by atoms with E-state index in [9.17, 15) is 4.79 Å². The average molecular weight is 301 g/mol. The maximum Gasteiger partial charge on any atom is 0.253 e. The van der Waals surface area contributed by atoms with Gasteiger partial charge in [-0.15, -0.1) is 6.42 Å². The van der Waals surface area contributed by atoms with Crippen LogP contribution >= 0.6 is 27.5 Å². The van der Waals surface area contributed by atoms with E-state index in [4.69, 9.17) is 18.0 Å². The molecule has 84 valence electrons. The topological polar surface area (TPSA) is 29.1 Å². The lowest BCUT2D eigenvalue weighted by molar-refractivity contribution is 0.0944. The van der Waals surface area contributed by atoms with Crippen LogP contribution in [0.2, 0.25) is 5.02 Å². The summed E-state index contributed by atoms with van der Waals surface area (Å²) >= 11 is 9.07. The highest BCUT2D eigenvalue weighted by molar-refractivity contribution is 9.10. The van der Waals surface area contributed by atoms with Crippen molar-refractivity contribution in [1.82, 2.24) is 5.32 Å². The Morgan fingerprint density at radius 2 is 2.38 bits per heavy atom. The predicted molar refractivity (Wildman–Crippen MR) is 69.5 cm³/mol. The van der Waals surface area contributed by atoms with Gasteiger partial charge in [0, 0.05) is 9.50 Å². The highest BCUT2D eigenvalue weighted by Gasteiger charge is 2.12. The molecule has 0 saturated heterocycles. The quantitative estimate of drug-likeness (QED) is 0.853. The molecule has 1 amide bonds. The fourth-order valence-corrected chi connectivity index (χ4v) is 2.03. The van der Waals surface area contributed by atoms with Crippen molar-refractivity contribution in [2.75, 3.05) is 0 Å². The van der Waals surface area contributed by atoms with Crippen molar-refractivity contribution < 1.29 is 4.79 Å². The van der Waals surface area contributed by atoms with Crippen LogP contribution in [0.15, 0.2) is 22.7 Å². The summed E-state index contributed by atoms with van der Waals surface area (Å²) in [6.07, 6.45) is 5.98. The van der Waals surface area contributed by atoms with Crippen LogP contribution in [-0.2, 0) is 0 Å². The van der Waals surface area contributed by atoms with Crippen molar-refractivity contribution in [3.05, 3.63) is 33.3 Å². The van der Waals surface area contributed by atoms with E-state index in [1.807, 2.05) is 6.92 Å². The van der Waals surface area contributed by atoms with E-state index in [-0.39, 0.29) is 11.9 Å². The van der Waals surface area contributed by atoms with Gasteiger partial charge >= 0.3 is 0 Å². The number of terminal acetylenes is 1. The molecular weight excluding hydrogens is 289 g/mol. The van der Waals surface area contributed by atoms with Crippen molar-refractivity contribution in [1.29, 1.82) is 0 Å². The number of rotatable bonds is 3. The lowest BCUT2D eigenvalue weighted by atomic mass is 10.2. The molecule has 4 heteroatoms. The number of carbonyl (C=O) groups is 1. The minimum atomic E-state index is -0.241. The summed E-state index contributed by atoms with van der Waals surface area (Å²) in [5, 5.41) is 3.32. The van der Waals surface area contributed by atoms with Crippen molar-refractivity contribution >= 4 is 33.4 Å². The van der Waals surface area contributed by atoms with Crippen LogP contribution < -0.4 is 5.32 Å². The number of halogens is 2. The summed E-state index contributed by atoms with van der Waals surface area (Å²) in [5.74, 6) is 2.31. The Morgan fingerprint density at radius 3 is 2.88 bits per heavy atom. The molecule has 1 N–H and O–H groups in total. The molecule has 16 heavy (non-hydrogen) atoms. The molecule has 1 aromatic rings. The number of hydrogen-bond acceptors (Lipinski definition) is 1. The predicted octanol–water partition coefficient (Wildman–Crippen LogP) is 3.24. The first-order chi connectivity index (χ1) is 7.58. The smallest absolute Gasteiger partial charge is 0.253 e. The minimum absolute atomic E-state index is 0.201. The molecular formula is C12H11BrClNO. The van der Waals surface area contributed by atoms with Crippen LogP contribution in [0.25, 0.3) is 0 Å². The zero-order valence-corrected chi connectivity index (χ0v) is 11.1. The maximum atomic E-state index is 11.8. The fourth-order valence-electron chi connectivity index (χ4n) is 1.17. The molecule has 1 atom stereocenters. The Labute approximate surface area is 109 Å². The first-order valence-corrected chi connectivity index (χ1v) is 5.97. The Morgan fingerprint density at radius 1 is 1.69 bits per heavy atom. The Kier molecular flexibility index (Phi) is 4.85. The van der Waals surface area contributed by atoms with Crippen LogP contribution in [0.4, 0.5) is 0 Å². The summed E-state index contributed by atoms with van der Waals surface area (Å²) in [6, 6.07) is 4.76. The molecule has 0 saturated carbocycles. The monoisotopic (exact) mass is 299 g/mol. The van der Waals surface area contributed by atoms with Gasteiger partial charge in [0.15, 0.2) is 0 Å². The van der Waals surface area contributed by atoms with E-state index in [1.54, 1.807) is 18.2 Å². The van der Waals surface area contributed by atoms with Gasteiger partial charge in [-0.05, 0) is 40.5 Å². The molecule has 2 nitrogen and oxygen atoms in total. The molecule has 0 bridgehead atoms. The first kappa shape index (κ1) is 13.1. The second kappa shape index (κ2) is 5.93. The van der Waals surface area contributed by atoms with Gasteiger partial charge in [0.25, 0.3) is 5.91 Å². The third-order valence-electron chi connectivity index (χ3n) is 2.09. The van der Waals surface area contributed by atoms with Gasteiger partial charge < -0.3 is 5.32 Å². The molecule has 0 radical (unpaired) electrons. The number of amides is 1. The molecule has 0 aliphatic carbocycles. The van der Waals surface area contributed by atoms with E-state index in [0.29, 0.717) is 21.5 Å². The Hall–Kier alpha value is -0.980. The molecule has 1 unspecified atom stereocenters. The zero-order chi connectivity index (χ0) is 12.1. The fraction of sp³-hybridized carbons (Fsp3) is 0.250. The molecule has 1 aromatic carbocycles. The molecule has 0 aliphatic heterocycles. The molecule has 0 fully saturated rings. The molecule has 1 rings (SSSR count). The van der Waals surface area contributed by atoms with Crippen molar-refractivity contribution in [3.63, 3.8) is 0 Å². The van der Waals surface area contributed by atoms with E-state index in [1.165, 1.54) is 0 Å². The van der Waals surface area contributed by atoms with Crippen molar-refractivity contribution in [2.45, 2.75) is 19.4 Å². The summed E-state index contributed by atoms with van der Waals surface area (Å²) in [6.45, 7) is 1.92. The van der Waals surface area contributed by atoms with E-state index < -0.39 is 0 Å². The number of benzene rings is 1. The Bertz CT molecular complexity index is 439. The van der Waals surface area contributed by atoms with E-state index >= 15 is 0 Å². The summed E-state index contributed by atoms with van der Waals surface area (Å²) < 4.78 is 0.657. The number of hydrogen-bond donors (Lipinski definition) is 1. The van der Waals surface area contributed by atoms with Gasteiger partial charge in [0.1, 0.15) is 0 Å². The summed E-state index contributed by atoms with van der Waals surface area (Å²) in [5.41, 5.74) is 0.526. The van der Waals surface area contributed by atoms with Gasteiger partial charge in [-0.2, -0.15) is 0 Å². The molecule has 0 spiro atoms. The second-order valence-electron chi connectivity index (χ2n) is 3.23. The largest absolute Gasteiger partial charge is 0.338 e. The van der Waals surface area contributed by atoms with E-state index in [2.05, 4.69) is 27.2 Å². The highest BCUT2D eigenvalue weighted by atomic mass is 79.9. The normalized spacial score (nSPS) is 11.6. The maximum absolute atomic E-state index is 11.8. The lowest BCUT2D eigenvalue weighted by Gasteiger charge is -2.11. The number of nitrogens with one attached hydrogen (secondary N) is 1. The van der Waals surface area contributed by atoms with E-state index in [0.717, 1.165) is 0 Å². The van der Waals surface area contributed by atoms with Gasteiger partial charge in [0.05, 0.1) is 11.6 Å². The summed E-state index contributed by atoms with van der Waals surface area (Å²) in [4.78, 5) is 11.8. The molecule has 0 aliphatic rings. The second-order valence-corrected chi connectivity index (χ2v) is 4.52. The third-order valence-corrected chi connectivity index (χ3v) is 2.98. The Balaban J connectivity index is 2.85. The SMILES string of the molecule is C#CC(CC)NC(=O)c1ccc(Cl)cc1Br. The minimum Gasteiger partial charge on any atom is -0.338 e. The summed E-state index contributed by atoms with van der Waals surface area (Å²) in [7, 11) is 0.